The van der Waals surface area contributed by atoms with Gasteiger partial charge in [0.15, 0.2) is 0 Å². The molecule has 0 bridgehead atoms. The lowest BCUT2D eigenvalue weighted by atomic mass is 10.0. The fraction of sp³-hybridized carbons (Fsp3) is 0.333. The van der Waals surface area contributed by atoms with E-state index in [4.69, 9.17) is 25.5 Å². The van der Waals surface area contributed by atoms with Gasteiger partial charge in [0.2, 0.25) is 0 Å². The smallest absolute Gasteiger partial charge is 0.141 e. The van der Waals surface area contributed by atoms with Gasteiger partial charge >= 0.3 is 0 Å². The van der Waals surface area contributed by atoms with E-state index in [2.05, 4.69) is 15.9 Å². The predicted molar refractivity (Wildman–Crippen MR) is 83.1 cm³/mol. The van der Waals surface area contributed by atoms with Crippen LogP contribution < -0.4 is 9.47 Å². The molecule has 0 aliphatic rings. The van der Waals surface area contributed by atoms with E-state index in [0.29, 0.717) is 11.5 Å². The molecule has 1 atom stereocenters. The number of halogens is 2. The molecule has 0 fully saturated rings. The Bertz CT molecular complexity index is 622. The first-order valence-electron chi connectivity index (χ1n) is 6.11. The van der Waals surface area contributed by atoms with Crippen molar-refractivity contribution in [1.29, 1.82) is 0 Å². The number of rotatable bonds is 4. The maximum atomic E-state index is 6.60. The quantitative estimate of drug-likeness (QED) is 0.720. The summed E-state index contributed by atoms with van der Waals surface area (Å²) in [4.78, 5) is 0. The van der Waals surface area contributed by atoms with Gasteiger partial charge in [0.1, 0.15) is 27.5 Å². The highest BCUT2D eigenvalue weighted by Crippen LogP contribution is 2.44. The van der Waals surface area contributed by atoms with Gasteiger partial charge in [0.05, 0.1) is 19.6 Å². The molecule has 108 valence electrons. The molecule has 0 N–H and O–H groups in total. The highest BCUT2D eigenvalue weighted by Gasteiger charge is 2.23. The van der Waals surface area contributed by atoms with Crippen LogP contribution in [-0.2, 0) is 0 Å². The standard InChI is InChI=1S/C15H16BrClO3/c1-8-7-11(9(2)20-8)14(17)10-5-6-12(18-3)13(16)15(10)19-4/h5-7,14H,1-4H3. The van der Waals surface area contributed by atoms with E-state index in [1.807, 2.05) is 32.0 Å². The van der Waals surface area contributed by atoms with Crippen molar-refractivity contribution >= 4 is 27.5 Å². The molecule has 2 aromatic rings. The zero-order chi connectivity index (χ0) is 14.9. The lowest BCUT2D eigenvalue weighted by molar-refractivity contribution is 0.386. The van der Waals surface area contributed by atoms with Crippen LogP contribution in [0.25, 0.3) is 0 Å². The molecule has 0 saturated heterocycles. The molecule has 0 aliphatic heterocycles. The maximum Gasteiger partial charge on any atom is 0.141 e. The Hall–Kier alpha value is -1.13. The molecular formula is C15H16BrClO3. The van der Waals surface area contributed by atoms with Gasteiger partial charge in [-0.3, -0.25) is 0 Å². The van der Waals surface area contributed by atoms with Gasteiger partial charge in [-0.1, -0.05) is 0 Å². The third-order valence-electron chi connectivity index (χ3n) is 3.14. The Kier molecular flexibility index (Phi) is 4.66. The summed E-state index contributed by atoms with van der Waals surface area (Å²) >= 11 is 10.1. The van der Waals surface area contributed by atoms with Crippen molar-refractivity contribution in [2.45, 2.75) is 19.2 Å². The minimum atomic E-state index is -0.343. The summed E-state index contributed by atoms with van der Waals surface area (Å²) in [5.41, 5.74) is 1.81. The normalized spacial score (nSPS) is 12.3. The van der Waals surface area contributed by atoms with Crippen LogP contribution in [0.2, 0.25) is 0 Å². The van der Waals surface area contributed by atoms with E-state index in [-0.39, 0.29) is 5.38 Å². The molecule has 0 radical (unpaired) electrons. The minimum Gasteiger partial charge on any atom is -0.495 e. The maximum absolute atomic E-state index is 6.60. The number of alkyl halides is 1. The number of ether oxygens (including phenoxy) is 2. The zero-order valence-corrected chi connectivity index (χ0v) is 14.1. The lowest BCUT2D eigenvalue weighted by Gasteiger charge is -2.16. The van der Waals surface area contributed by atoms with Gasteiger partial charge in [0, 0.05) is 11.1 Å². The Balaban J connectivity index is 2.52. The average Bonchev–Trinajstić information content (AvgIpc) is 2.76. The molecule has 0 amide bonds. The molecule has 0 spiro atoms. The number of benzene rings is 1. The highest BCUT2D eigenvalue weighted by molar-refractivity contribution is 9.10. The van der Waals surface area contributed by atoms with Crippen molar-refractivity contribution < 1.29 is 13.9 Å². The van der Waals surface area contributed by atoms with Crippen molar-refractivity contribution in [1.82, 2.24) is 0 Å². The molecule has 5 heteroatoms. The molecule has 0 saturated carbocycles. The monoisotopic (exact) mass is 358 g/mol. The van der Waals surface area contributed by atoms with E-state index in [9.17, 15) is 0 Å². The topological polar surface area (TPSA) is 31.6 Å². The minimum absolute atomic E-state index is 0.343. The fourth-order valence-electron chi connectivity index (χ4n) is 2.19. The van der Waals surface area contributed by atoms with Gasteiger partial charge in [-0.2, -0.15) is 0 Å². The van der Waals surface area contributed by atoms with Gasteiger partial charge in [-0.25, -0.2) is 0 Å². The van der Waals surface area contributed by atoms with Crippen LogP contribution in [0.4, 0.5) is 0 Å². The Morgan fingerprint density at radius 2 is 1.85 bits per heavy atom. The SMILES string of the molecule is COc1ccc(C(Cl)c2cc(C)oc2C)c(OC)c1Br. The summed E-state index contributed by atoms with van der Waals surface area (Å²) < 4.78 is 17.0. The van der Waals surface area contributed by atoms with Crippen molar-refractivity contribution in [3.63, 3.8) is 0 Å². The largest absolute Gasteiger partial charge is 0.495 e. The van der Waals surface area contributed by atoms with E-state index in [0.717, 1.165) is 27.1 Å². The molecule has 1 unspecified atom stereocenters. The number of hydrogen-bond acceptors (Lipinski definition) is 3. The van der Waals surface area contributed by atoms with Gasteiger partial charge in [0.25, 0.3) is 0 Å². The molecule has 1 aromatic carbocycles. The van der Waals surface area contributed by atoms with Crippen LogP contribution in [0, 0.1) is 13.8 Å². The first kappa shape index (κ1) is 15.3. The number of hydrogen-bond donors (Lipinski definition) is 0. The van der Waals surface area contributed by atoms with Crippen LogP contribution in [0.1, 0.15) is 28.0 Å². The van der Waals surface area contributed by atoms with E-state index in [1.165, 1.54) is 0 Å². The second kappa shape index (κ2) is 6.10. The summed E-state index contributed by atoms with van der Waals surface area (Å²) in [7, 11) is 3.22. The molecule has 3 nitrogen and oxygen atoms in total. The average molecular weight is 360 g/mol. The summed E-state index contributed by atoms with van der Waals surface area (Å²) in [6.45, 7) is 3.81. The van der Waals surface area contributed by atoms with Crippen molar-refractivity contribution in [3.8, 4) is 11.5 Å². The molecule has 1 heterocycles. The lowest BCUT2D eigenvalue weighted by Crippen LogP contribution is -2.00. The van der Waals surface area contributed by atoms with Crippen molar-refractivity contribution in [2.24, 2.45) is 0 Å². The highest BCUT2D eigenvalue weighted by atomic mass is 79.9. The molecule has 2 rings (SSSR count). The zero-order valence-electron chi connectivity index (χ0n) is 11.8. The number of furan rings is 1. The number of methoxy groups -OCH3 is 2. The van der Waals surface area contributed by atoms with Crippen LogP contribution in [0.3, 0.4) is 0 Å². The second-order valence-corrected chi connectivity index (χ2v) is 5.66. The first-order chi connectivity index (χ1) is 9.49. The number of aryl methyl sites for hydroxylation is 2. The van der Waals surface area contributed by atoms with Crippen LogP contribution in [0.15, 0.2) is 27.1 Å². The first-order valence-corrected chi connectivity index (χ1v) is 7.34. The third kappa shape index (κ3) is 2.67. The molecular weight excluding hydrogens is 344 g/mol. The van der Waals surface area contributed by atoms with E-state index in [1.54, 1.807) is 14.2 Å². The van der Waals surface area contributed by atoms with Crippen molar-refractivity contribution in [2.75, 3.05) is 14.2 Å². The van der Waals surface area contributed by atoms with Gasteiger partial charge in [-0.15, -0.1) is 11.6 Å². The summed E-state index contributed by atoms with van der Waals surface area (Å²) in [6.07, 6.45) is 0. The molecule has 0 aliphatic carbocycles. The van der Waals surface area contributed by atoms with Gasteiger partial charge in [-0.05, 0) is 48.0 Å². The summed E-state index contributed by atoms with van der Waals surface area (Å²) in [5.74, 6) is 3.03. The third-order valence-corrected chi connectivity index (χ3v) is 4.36. The summed E-state index contributed by atoms with van der Waals surface area (Å²) in [5, 5.41) is -0.343. The van der Waals surface area contributed by atoms with E-state index >= 15 is 0 Å². The fourth-order valence-corrected chi connectivity index (χ4v) is 3.26. The predicted octanol–water partition coefficient (Wildman–Crippen LogP) is 5.00. The molecule has 20 heavy (non-hydrogen) atoms. The van der Waals surface area contributed by atoms with Crippen molar-refractivity contribution in [3.05, 3.63) is 45.3 Å². The van der Waals surface area contributed by atoms with Gasteiger partial charge < -0.3 is 13.9 Å². The Morgan fingerprint density at radius 3 is 2.35 bits per heavy atom. The van der Waals surface area contributed by atoms with Crippen LogP contribution in [0.5, 0.6) is 11.5 Å². The van der Waals surface area contributed by atoms with Crippen LogP contribution >= 0.6 is 27.5 Å². The summed E-state index contributed by atoms with van der Waals surface area (Å²) in [6, 6.07) is 5.71. The molecule has 1 aromatic heterocycles. The van der Waals surface area contributed by atoms with E-state index < -0.39 is 0 Å². The Labute approximate surface area is 132 Å². The van der Waals surface area contributed by atoms with Crippen LogP contribution in [-0.4, -0.2) is 14.2 Å². The Morgan fingerprint density at radius 1 is 1.15 bits per heavy atom. The second-order valence-electron chi connectivity index (χ2n) is 4.44.